The lowest BCUT2D eigenvalue weighted by atomic mass is 9.79. The summed E-state index contributed by atoms with van der Waals surface area (Å²) in [6.07, 6.45) is 1.51. The SMILES string of the molecule is C=CCOC(=O)C1=C(C)N=C(SCC)C(C#N)C1c1ccc(Cl)cc1. The molecule has 1 aliphatic rings. The van der Waals surface area contributed by atoms with Crippen molar-refractivity contribution in [3.05, 3.63) is 58.8 Å². The van der Waals surface area contributed by atoms with Crippen molar-refractivity contribution in [2.24, 2.45) is 10.9 Å². The maximum absolute atomic E-state index is 12.6. The van der Waals surface area contributed by atoms with Gasteiger partial charge in [0, 0.05) is 16.6 Å². The first-order chi connectivity index (χ1) is 12.0. The molecule has 0 aliphatic carbocycles. The minimum absolute atomic E-state index is 0.112. The van der Waals surface area contributed by atoms with Crippen LogP contribution in [0.5, 0.6) is 0 Å². The van der Waals surface area contributed by atoms with Gasteiger partial charge < -0.3 is 4.74 Å². The molecule has 2 unspecified atom stereocenters. The van der Waals surface area contributed by atoms with Crippen molar-refractivity contribution in [2.75, 3.05) is 12.4 Å². The third-order valence-corrected chi connectivity index (χ3v) is 4.97. The first-order valence-corrected chi connectivity index (χ1v) is 9.25. The minimum atomic E-state index is -0.541. The second-order valence-corrected chi connectivity index (χ2v) is 7.13. The molecule has 25 heavy (non-hydrogen) atoms. The number of rotatable bonds is 5. The summed E-state index contributed by atoms with van der Waals surface area (Å²) in [6, 6.07) is 9.50. The second-order valence-electron chi connectivity index (χ2n) is 5.41. The van der Waals surface area contributed by atoms with Crippen molar-refractivity contribution in [3.8, 4) is 6.07 Å². The standard InChI is InChI=1S/C19H19ClN2O2S/c1-4-10-24-19(23)16-12(3)22-18(25-5-2)15(11-21)17(16)13-6-8-14(20)9-7-13/h4,6-9,15,17H,1,5,10H2,2-3H3. The van der Waals surface area contributed by atoms with Crippen LogP contribution in [0.2, 0.25) is 5.02 Å². The van der Waals surface area contributed by atoms with Gasteiger partial charge in [-0.05, 0) is 30.4 Å². The van der Waals surface area contributed by atoms with E-state index in [1.165, 1.54) is 17.8 Å². The van der Waals surface area contributed by atoms with Gasteiger partial charge in [0.2, 0.25) is 0 Å². The Kier molecular flexibility index (Phi) is 6.86. The number of thioether (sulfide) groups is 1. The van der Waals surface area contributed by atoms with E-state index in [9.17, 15) is 10.1 Å². The third-order valence-electron chi connectivity index (χ3n) is 3.79. The maximum Gasteiger partial charge on any atom is 0.336 e. The molecule has 0 fully saturated rings. The summed E-state index contributed by atoms with van der Waals surface area (Å²) < 4.78 is 5.24. The Morgan fingerprint density at radius 3 is 2.72 bits per heavy atom. The fourth-order valence-corrected chi connectivity index (χ4v) is 3.74. The lowest BCUT2D eigenvalue weighted by Crippen LogP contribution is -2.29. The molecule has 1 aliphatic heterocycles. The zero-order valence-corrected chi connectivity index (χ0v) is 15.7. The van der Waals surface area contributed by atoms with Crippen LogP contribution in [-0.2, 0) is 9.53 Å². The molecule has 2 rings (SSSR count). The Morgan fingerprint density at radius 1 is 1.48 bits per heavy atom. The number of halogens is 1. The lowest BCUT2D eigenvalue weighted by Gasteiger charge is -2.29. The predicted octanol–water partition coefficient (Wildman–Crippen LogP) is 4.73. The topological polar surface area (TPSA) is 62.4 Å². The van der Waals surface area contributed by atoms with Crippen LogP contribution in [-0.4, -0.2) is 23.4 Å². The monoisotopic (exact) mass is 374 g/mol. The molecule has 0 saturated carbocycles. The van der Waals surface area contributed by atoms with E-state index in [0.717, 1.165) is 16.4 Å². The van der Waals surface area contributed by atoms with Gasteiger partial charge in [-0.25, -0.2) is 9.79 Å². The van der Waals surface area contributed by atoms with E-state index < -0.39 is 17.8 Å². The summed E-state index contributed by atoms with van der Waals surface area (Å²) in [4.78, 5) is 17.1. The van der Waals surface area contributed by atoms with Gasteiger partial charge in [-0.1, -0.05) is 43.3 Å². The van der Waals surface area contributed by atoms with Gasteiger partial charge in [0.05, 0.1) is 16.7 Å². The van der Waals surface area contributed by atoms with Crippen molar-refractivity contribution in [1.29, 1.82) is 5.26 Å². The molecule has 0 radical (unpaired) electrons. The van der Waals surface area contributed by atoms with Crippen LogP contribution in [0.3, 0.4) is 0 Å². The van der Waals surface area contributed by atoms with Gasteiger partial charge in [0.1, 0.15) is 12.5 Å². The number of hydrogen-bond donors (Lipinski definition) is 0. The number of carbonyl (C=O) groups excluding carboxylic acids is 1. The number of carbonyl (C=O) groups is 1. The van der Waals surface area contributed by atoms with Crippen molar-refractivity contribution in [3.63, 3.8) is 0 Å². The summed E-state index contributed by atoms with van der Waals surface area (Å²) in [5.41, 5.74) is 1.83. The smallest absolute Gasteiger partial charge is 0.336 e. The fourth-order valence-electron chi connectivity index (χ4n) is 2.75. The summed E-state index contributed by atoms with van der Waals surface area (Å²) in [7, 11) is 0. The average Bonchev–Trinajstić information content (AvgIpc) is 2.60. The second kappa shape index (κ2) is 8.89. The molecule has 0 spiro atoms. The van der Waals surface area contributed by atoms with Crippen LogP contribution in [0.15, 0.2) is 53.2 Å². The van der Waals surface area contributed by atoms with Crippen molar-refractivity contribution in [1.82, 2.24) is 0 Å². The van der Waals surface area contributed by atoms with Gasteiger partial charge in [0.25, 0.3) is 0 Å². The number of ether oxygens (including phenoxy) is 1. The van der Waals surface area contributed by atoms with Crippen LogP contribution in [0, 0.1) is 17.2 Å². The number of allylic oxidation sites excluding steroid dienone is 1. The summed E-state index contributed by atoms with van der Waals surface area (Å²) >= 11 is 7.51. The van der Waals surface area contributed by atoms with Gasteiger partial charge in [-0.15, -0.1) is 11.8 Å². The Bertz CT molecular complexity index is 763. The Morgan fingerprint density at radius 2 is 2.16 bits per heavy atom. The molecule has 4 nitrogen and oxygen atoms in total. The summed E-state index contributed by atoms with van der Waals surface area (Å²) in [5, 5.41) is 11.1. The molecule has 1 aromatic carbocycles. The molecular weight excluding hydrogens is 356 g/mol. The zero-order valence-electron chi connectivity index (χ0n) is 14.2. The van der Waals surface area contributed by atoms with Gasteiger partial charge >= 0.3 is 5.97 Å². The molecular formula is C19H19ClN2O2S. The van der Waals surface area contributed by atoms with E-state index in [1.807, 2.05) is 19.1 Å². The highest BCUT2D eigenvalue weighted by Crippen LogP contribution is 2.41. The number of nitriles is 1. The van der Waals surface area contributed by atoms with Crippen molar-refractivity contribution < 1.29 is 9.53 Å². The zero-order chi connectivity index (χ0) is 18.4. The summed E-state index contributed by atoms with van der Waals surface area (Å²) in [6.45, 7) is 7.45. The van der Waals surface area contributed by atoms with E-state index in [-0.39, 0.29) is 6.61 Å². The molecule has 0 bridgehead atoms. The van der Waals surface area contributed by atoms with Gasteiger partial charge in [0.15, 0.2) is 0 Å². The van der Waals surface area contributed by atoms with E-state index in [1.54, 1.807) is 19.1 Å². The number of esters is 1. The molecule has 1 heterocycles. The predicted molar refractivity (Wildman–Crippen MR) is 103 cm³/mol. The highest BCUT2D eigenvalue weighted by molar-refractivity contribution is 8.14. The van der Waals surface area contributed by atoms with Crippen LogP contribution in [0.25, 0.3) is 0 Å². The van der Waals surface area contributed by atoms with Crippen LogP contribution >= 0.6 is 23.4 Å². The molecule has 0 aromatic heterocycles. The van der Waals surface area contributed by atoms with E-state index in [4.69, 9.17) is 16.3 Å². The highest BCUT2D eigenvalue weighted by atomic mass is 35.5. The largest absolute Gasteiger partial charge is 0.458 e. The minimum Gasteiger partial charge on any atom is -0.458 e. The van der Waals surface area contributed by atoms with Crippen LogP contribution < -0.4 is 0 Å². The highest BCUT2D eigenvalue weighted by Gasteiger charge is 2.39. The van der Waals surface area contributed by atoms with Crippen molar-refractivity contribution >= 4 is 34.4 Å². The third kappa shape index (κ3) is 4.33. The van der Waals surface area contributed by atoms with Gasteiger partial charge in [-0.2, -0.15) is 5.26 Å². The lowest BCUT2D eigenvalue weighted by molar-refractivity contribution is -0.138. The number of nitrogens with zero attached hydrogens (tertiary/aromatic N) is 2. The number of aliphatic imine (C=N–C) groups is 1. The molecule has 0 amide bonds. The quantitative estimate of drug-likeness (QED) is 0.552. The molecule has 130 valence electrons. The van der Waals surface area contributed by atoms with Gasteiger partial charge in [-0.3, -0.25) is 0 Å². The first-order valence-electron chi connectivity index (χ1n) is 7.88. The van der Waals surface area contributed by atoms with Crippen LogP contribution in [0.4, 0.5) is 0 Å². The number of benzene rings is 1. The normalized spacial score (nSPS) is 19.8. The Balaban J connectivity index is 2.57. The summed E-state index contributed by atoms with van der Waals surface area (Å²) in [5.74, 6) is -0.650. The molecule has 0 N–H and O–H groups in total. The Hall–Kier alpha value is -2.03. The molecule has 0 saturated heterocycles. The number of hydrogen-bond acceptors (Lipinski definition) is 5. The van der Waals surface area contributed by atoms with Crippen LogP contribution in [0.1, 0.15) is 25.3 Å². The molecule has 1 aromatic rings. The fraction of sp³-hybridized carbons (Fsp3) is 0.316. The molecule has 6 heteroatoms. The van der Waals surface area contributed by atoms with E-state index in [2.05, 4.69) is 17.6 Å². The molecule has 2 atom stereocenters. The Labute approximate surface area is 157 Å². The first kappa shape index (κ1) is 19.3. The van der Waals surface area contributed by atoms with E-state index >= 15 is 0 Å². The van der Waals surface area contributed by atoms with E-state index in [0.29, 0.717) is 16.3 Å². The average molecular weight is 375 g/mol. The maximum atomic E-state index is 12.6. The van der Waals surface area contributed by atoms with Crippen molar-refractivity contribution in [2.45, 2.75) is 19.8 Å².